The molecule has 0 amide bonds. The lowest BCUT2D eigenvalue weighted by Gasteiger charge is -2.30. The third-order valence-electron chi connectivity index (χ3n) is 11.9. The number of hydrogen-bond acceptors (Lipinski definition) is 2. The molecule has 0 N–H and O–H groups in total. The molecule has 0 aliphatic heterocycles. The molecular weight excluding hydrogens is 677 g/mol. The van der Waals surface area contributed by atoms with Gasteiger partial charge >= 0.3 is 0 Å². The number of aromatic nitrogens is 2. The number of hydrogen-bond donors (Lipinski definition) is 0. The van der Waals surface area contributed by atoms with E-state index in [-0.39, 0.29) is 0 Å². The van der Waals surface area contributed by atoms with Crippen LogP contribution in [0.15, 0.2) is 200 Å². The van der Waals surface area contributed by atoms with Gasteiger partial charge < -0.3 is 0 Å². The second-order valence-corrected chi connectivity index (χ2v) is 15.0. The first-order valence-electron chi connectivity index (χ1n) is 19.3. The molecular formula is C54H36N2. The molecule has 56 heavy (non-hydrogen) atoms. The lowest BCUT2D eigenvalue weighted by atomic mass is 9.72. The van der Waals surface area contributed by atoms with Crippen molar-refractivity contribution in [3.05, 3.63) is 217 Å². The molecule has 0 saturated carbocycles. The average Bonchev–Trinajstić information content (AvgIpc) is 3.54. The Bertz CT molecular complexity index is 3130. The molecule has 0 fully saturated rings. The molecule has 9 aromatic carbocycles. The predicted molar refractivity (Wildman–Crippen MR) is 234 cm³/mol. The van der Waals surface area contributed by atoms with Gasteiger partial charge in [-0.15, -0.1) is 0 Å². The van der Waals surface area contributed by atoms with Gasteiger partial charge in [-0.1, -0.05) is 188 Å². The number of fused-ring (bicyclic) bond motifs is 7. The topological polar surface area (TPSA) is 25.8 Å². The normalized spacial score (nSPS) is 14.6. The van der Waals surface area contributed by atoms with E-state index in [1.54, 1.807) is 0 Å². The predicted octanol–water partition coefficient (Wildman–Crippen LogP) is 13.9. The van der Waals surface area contributed by atoms with Crippen LogP contribution in [0.5, 0.6) is 0 Å². The molecule has 0 bridgehead atoms. The van der Waals surface area contributed by atoms with Crippen molar-refractivity contribution in [3.8, 4) is 56.2 Å². The van der Waals surface area contributed by atoms with E-state index < -0.39 is 5.41 Å². The Kier molecular flexibility index (Phi) is 7.33. The fraction of sp³-hybridized carbons (Fsp3) is 0.0370. The number of nitrogens with zero attached hydrogens (tertiary/aromatic N) is 2. The molecule has 1 aliphatic rings. The van der Waals surface area contributed by atoms with Crippen LogP contribution in [0.4, 0.5) is 0 Å². The van der Waals surface area contributed by atoms with Crippen molar-refractivity contribution in [2.24, 2.45) is 0 Å². The molecule has 1 heterocycles. The second-order valence-electron chi connectivity index (χ2n) is 15.0. The first-order chi connectivity index (χ1) is 27.6. The summed E-state index contributed by atoms with van der Waals surface area (Å²) in [6, 6.07) is 72.3. The standard InChI is InChI=1S/C54H36N2/c1-54(40-19-6-3-7-20-40)48-26-13-12-23-43(48)45-24-14-25-46(52(45)54)49-34-50(56-53(55-49)38-29-27-36(28-30-38)35-15-4-2-5-16-35)51-42-22-11-9-18-39(42)33-47-41-21-10-8-17-37(41)31-32-44(47)51/h2-34H,1H3. The van der Waals surface area contributed by atoms with E-state index in [9.17, 15) is 0 Å². The molecule has 10 aromatic rings. The van der Waals surface area contributed by atoms with E-state index >= 15 is 0 Å². The molecule has 0 spiro atoms. The van der Waals surface area contributed by atoms with E-state index in [4.69, 9.17) is 9.97 Å². The maximum atomic E-state index is 5.50. The summed E-state index contributed by atoms with van der Waals surface area (Å²) >= 11 is 0. The van der Waals surface area contributed by atoms with Crippen molar-refractivity contribution >= 4 is 32.3 Å². The molecule has 1 aromatic heterocycles. The van der Waals surface area contributed by atoms with Gasteiger partial charge in [0.2, 0.25) is 0 Å². The van der Waals surface area contributed by atoms with E-state index in [1.165, 1.54) is 65.7 Å². The van der Waals surface area contributed by atoms with Gasteiger partial charge in [0, 0.05) is 22.1 Å². The van der Waals surface area contributed by atoms with Crippen molar-refractivity contribution in [1.29, 1.82) is 0 Å². The minimum Gasteiger partial charge on any atom is -0.228 e. The van der Waals surface area contributed by atoms with Crippen LogP contribution in [-0.4, -0.2) is 9.97 Å². The lowest BCUT2D eigenvalue weighted by molar-refractivity contribution is 0.715. The van der Waals surface area contributed by atoms with Crippen LogP contribution in [0.1, 0.15) is 23.6 Å². The van der Waals surface area contributed by atoms with E-state index in [0.717, 1.165) is 33.6 Å². The first kappa shape index (κ1) is 32.3. The van der Waals surface area contributed by atoms with Crippen molar-refractivity contribution in [2.75, 3.05) is 0 Å². The quantitative estimate of drug-likeness (QED) is 0.131. The maximum absolute atomic E-state index is 5.50. The van der Waals surface area contributed by atoms with Crippen LogP contribution in [0, 0.1) is 0 Å². The molecule has 1 atom stereocenters. The molecule has 11 rings (SSSR count). The molecule has 1 aliphatic carbocycles. The summed E-state index contributed by atoms with van der Waals surface area (Å²) < 4.78 is 0. The Hall–Kier alpha value is -7.16. The van der Waals surface area contributed by atoms with Gasteiger partial charge in [-0.3, -0.25) is 0 Å². The monoisotopic (exact) mass is 712 g/mol. The van der Waals surface area contributed by atoms with Gasteiger partial charge in [-0.25, -0.2) is 9.97 Å². The SMILES string of the molecule is CC1(c2ccccc2)c2ccccc2-c2cccc(-c3cc(-c4c5ccccc5cc5c4ccc4ccccc45)nc(-c4ccc(-c5ccccc5)cc4)n3)c21. The average molecular weight is 713 g/mol. The largest absolute Gasteiger partial charge is 0.228 e. The third kappa shape index (κ3) is 4.96. The van der Waals surface area contributed by atoms with Crippen LogP contribution in [0.25, 0.3) is 88.5 Å². The maximum Gasteiger partial charge on any atom is 0.160 e. The van der Waals surface area contributed by atoms with Crippen LogP contribution in [0.2, 0.25) is 0 Å². The van der Waals surface area contributed by atoms with Gasteiger partial charge in [0.05, 0.1) is 11.4 Å². The highest BCUT2D eigenvalue weighted by Crippen LogP contribution is 2.55. The van der Waals surface area contributed by atoms with Gasteiger partial charge in [0.25, 0.3) is 0 Å². The smallest absolute Gasteiger partial charge is 0.160 e. The van der Waals surface area contributed by atoms with E-state index in [0.29, 0.717) is 5.82 Å². The van der Waals surface area contributed by atoms with Gasteiger partial charge in [0.15, 0.2) is 5.82 Å². The number of rotatable bonds is 5. The Morgan fingerprint density at radius 3 is 1.80 bits per heavy atom. The summed E-state index contributed by atoms with van der Waals surface area (Å²) in [6.07, 6.45) is 0. The Labute approximate surface area is 326 Å². The van der Waals surface area contributed by atoms with Crippen molar-refractivity contribution in [3.63, 3.8) is 0 Å². The Balaban J connectivity index is 1.21. The molecule has 0 saturated heterocycles. The molecule has 2 nitrogen and oxygen atoms in total. The van der Waals surface area contributed by atoms with Gasteiger partial charge in [-0.05, 0) is 90.3 Å². The molecule has 0 radical (unpaired) electrons. The van der Waals surface area contributed by atoms with Crippen molar-refractivity contribution in [2.45, 2.75) is 12.3 Å². The van der Waals surface area contributed by atoms with Crippen molar-refractivity contribution < 1.29 is 0 Å². The summed E-state index contributed by atoms with van der Waals surface area (Å²) in [5.74, 6) is 0.702. The minimum atomic E-state index is -0.391. The summed E-state index contributed by atoms with van der Waals surface area (Å²) in [5, 5.41) is 7.22. The van der Waals surface area contributed by atoms with Gasteiger partial charge in [0.1, 0.15) is 0 Å². The molecule has 2 heteroatoms. The van der Waals surface area contributed by atoms with Gasteiger partial charge in [-0.2, -0.15) is 0 Å². The highest BCUT2D eigenvalue weighted by atomic mass is 14.9. The summed E-state index contributed by atoms with van der Waals surface area (Å²) in [7, 11) is 0. The van der Waals surface area contributed by atoms with Crippen LogP contribution < -0.4 is 0 Å². The zero-order valence-electron chi connectivity index (χ0n) is 30.9. The highest BCUT2D eigenvalue weighted by Gasteiger charge is 2.42. The molecule has 1 unspecified atom stereocenters. The first-order valence-corrected chi connectivity index (χ1v) is 19.3. The van der Waals surface area contributed by atoms with Crippen molar-refractivity contribution in [1.82, 2.24) is 9.97 Å². The summed E-state index contributed by atoms with van der Waals surface area (Å²) in [5.41, 5.74) is 13.4. The Morgan fingerprint density at radius 1 is 0.375 bits per heavy atom. The third-order valence-corrected chi connectivity index (χ3v) is 11.9. The Morgan fingerprint density at radius 2 is 0.982 bits per heavy atom. The molecule has 262 valence electrons. The lowest BCUT2D eigenvalue weighted by Crippen LogP contribution is -2.23. The second kappa shape index (κ2) is 12.7. The summed E-state index contributed by atoms with van der Waals surface area (Å²) in [4.78, 5) is 11.0. The fourth-order valence-corrected chi connectivity index (χ4v) is 9.27. The number of benzene rings is 9. The summed E-state index contributed by atoms with van der Waals surface area (Å²) in [6.45, 7) is 2.38. The highest BCUT2D eigenvalue weighted by molar-refractivity contribution is 6.19. The zero-order valence-corrected chi connectivity index (χ0v) is 30.9. The van der Waals surface area contributed by atoms with E-state index in [2.05, 4.69) is 207 Å². The van der Waals surface area contributed by atoms with Crippen LogP contribution in [0.3, 0.4) is 0 Å². The van der Waals surface area contributed by atoms with Crippen LogP contribution in [-0.2, 0) is 5.41 Å². The van der Waals surface area contributed by atoms with E-state index in [1.807, 2.05) is 0 Å². The van der Waals surface area contributed by atoms with Crippen LogP contribution >= 0.6 is 0 Å². The fourth-order valence-electron chi connectivity index (χ4n) is 9.27. The zero-order chi connectivity index (χ0) is 37.2. The minimum absolute atomic E-state index is 0.391.